The van der Waals surface area contributed by atoms with Gasteiger partial charge in [-0.15, -0.1) is 0 Å². The molecule has 3 heterocycles. The first kappa shape index (κ1) is 16.2. The molecule has 3 rings (SSSR count). The Morgan fingerprint density at radius 3 is 2.83 bits per heavy atom. The minimum Gasteiger partial charge on any atom is -0.352 e. The molecule has 126 valence electrons. The Morgan fingerprint density at radius 2 is 2.12 bits per heavy atom. The largest absolute Gasteiger partial charge is 0.352 e. The average Bonchev–Trinajstić information content (AvgIpc) is 3.16. The quantitative estimate of drug-likeness (QED) is 0.705. The van der Waals surface area contributed by atoms with Gasteiger partial charge in [-0.2, -0.15) is 5.10 Å². The monoisotopic (exact) mass is 326 g/mol. The number of amides is 1. The maximum atomic E-state index is 12.2. The fourth-order valence-corrected chi connectivity index (χ4v) is 2.56. The number of pyridine rings is 1. The van der Waals surface area contributed by atoms with E-state index >= 15 is 0 Å². The van der Waals surface area contributed by atoms with Gasteiger partial charge in [0.05, 0.1) is 18.1 Å². The van der Waals surface area contributed by atoms with Gasteiger partial charge in [-0.1, -0.05) is 0 Å². The van der Waals surface area contributed by atoms with Gasteiger partial charge in [-0.25, -0.2) is 9.97 Å². The van der Waals surface area contributed by atoms with Crippen molar-refractivity contribution < 1.29 is 4.79 Å². The van der Waals surface area contributed by atoms with Crippen molar-refractivity contribution in [2.45, 2.75) is 39.8 Å². The number of aromatic nitrogens is 5. The molecule has 0 radical (unpaired) electrons. The van der Waals surface area contributed by atoms with E-state index in [1.165, 1.54) is 0 Å². The van der Waals surface area contributed by atoms with Crippen LogP contribution in [0.4, 0.5) is 0 Å². The highest BCUT2D eigenvalue weighted by atomic mass is 16.1. The van der Waals surface area contributed by atoms with E-state index in [0.29, 0.717) is 12.1 Å². The predicted octanol–water partition coefficient (Wildman–Crippen LogP) is 2.34. The second kappa shape index (κ2) is 6.82. The number of hydrogen-bond donors (Lipinski definition) is 1. The van der Waals surface area contributed by atoms with Gasteiger partial charge in [-0.3, -0.25) is 9.48 Å². The highest BCUT2D eigenvalue weighted by Gasteiger charge is 2.11. The standard InChI is InChI=1S/C17H22N6O/c1-12(2)23-11-20-15-7-14(9-19-16(15)23)17(24)18-5-4-6-22-10-13(3)8-21-22/h7-12H,4-6H2,1-3H3,(H,18,24). The van der Waals surface area contributed by atoms with Crippen LogP contribution in [0.2, 0.25) is 0 Å². The lowest BCUT2D eigenvalue weighted by atomic mass is 10.2. The number of imidazole rings is 1. The molecule has 0 saturated heterocycles. The van der Waals surface area contributed by atoms with E-state index in [2.05, 4.69) is 34.2 Å². The molecule has 0 aliphatic heterocycles. The van der Waals surface area contributed by atoms with Crippen LogP contribution < -0.4 is 5.32 Å². The third-order valence-electron chi connectivity index (χ3n) is 3.84. The summed E-state index contributed by atoms with van der Waals surface area (Å²) in [6, 6.07) is 2.07. The average molecular weight is 326 g/mol. The summed E-state index contributed by atoms with van der Waals surface area (Å²) in [5, 5.41) is 7.14. The summed E-state index contributed by atoms with van der Waals surface area (Å²) in [5.74, 6) is -0.125. The SMILES string of the molecule is Cc1cnn(CCCNC(=O)c2cnc3c(c2)ncn3C(C)C)c1. The molecule has 0 aliphatic rings. The van der Waals surface area contributed by atoms with Crippen molar-refractivity contribution in [3.05, 3.63) is 42.1 Å². The van der Waals surface area contributed by atoms with Crippen molar-refractivity contribution in [2.24, 2.45) is 0 Å². The van der Waals surface area contributed by atoms with E-state index in [0.717, 1.165) is 29.7 Å². The minimum absolute atomic E-state index is 0.125. The lowest BCUT2D eigenvalue weighted by Gasteiger charge is -2.08. The van der Waals surface area contributed by atoms with Crippen molar-refractivity contribution >= 4 is 17.1 Å². The number of nitrogens with zero attached hydrogens (tertiary/aromatic N) is 5. The molecule has 0 saturated carbocycles. The van der Waals surface area contributed by atoms with E-state index in [1.54, 1.807) is 18.6 Å². The van der Waals surface area contributed by atoms with Gasteiger partial charge in [0.1, 0.15) is 5.52 Å². The molecule has 0 unspecified atom stereocenters. The van der Waals surface area contributed by atoms with Crippen LogP contribution in [0.3, 0.4) is 0 Å². The topological polar surface area (TPSA) is 77.6 Å². The normalized spacial score (nSPS) is 11.3. The van der Waals surface area contributed by atoms with Crippen molar-refractivity contribution in [1.82, 2.24) is 29.6 Å². The number of nitrogens with one attached hydrogen (secondary N) is 1. The Balaban J connectivity index is 1.57. The Kier molecular flexibility index (Phi) is 4.59. The van der Waals surface area contributed by atoms with Crippen LogP contribution in [-0.4, -0.2) is 36.8 Å². The molecular weight excluding hydrogens is 304 g/mol. The molecule has 0 aromatic carbocycles. The van der Waals surface area contributed by atoms with E-state index in [1.807, 2.05) is 28.6 Å². The Hall–Kier alpha value is -2.70. The van der Waals surface area contributed by atoms with E-state index in [9.17, 15) is 4.79 Å². The van der Waals surface area contributed by atoms with Crippen LogP contribution in [0.15, 0.2) is 31.0 Å². The summed E-state index contributed by atoms with van der Waals surface area (Å²) in [6.07, 6.45) is 8.01. The molecule has 0 atom stereocenters. The summed E-state index contributed by atoms with van der Waals surface area (Å²) in [5.41, 5.74) is 3.21. The van der Waals surface area contributed by atoms with Crippen molar-refractivity contribution in [2.75, 3.05) is 6.54 Å². The van der Waals surface area contributed by atoms with Crippen LogP contribution >= 0.6 is 0 Å². The summed E-state index contributed by atoms with van der Waals surface area (Å²) in [7, 11) is 0. The van der Waals surface area contributed by atoms with E-state index < -0.39 is 0 Å². The molecule has 3 aromatic rings. The van der Waals surface area contributed by atoms with E-state index in [4.69, 9.17) is 0 Å². The molecule has 0 aliphatic carbocycles. The van der Waals surface area contributed by atoms with Crippen molar-refractivity contribution in [1.29, 1.82) is 0 Å². The molecule has 1 N–H and O–H groups in total. The van der Waals surface area contributed by atoms with Crippen LogP contribution in [-0.2, 0) is 6.54 Å². The minimum atomic E-state index is -0.125. The summed E-state index contributed by atoms with van der Waals surface area (Å²) < 4.78 is 3.87. The number of aryl methyl sites for hydroxylation is 2. The first-order chi connectivity index (χ1) is 11.5. The Labute approximate surface area is 140 Å². The van der Waals surface area contributed by atoms with Gasteiger partial charge < -0.3 is 9.88 Å². The summed E-state index contributed by atoms with van der Waals surface area (Å²) in [6.45, 7) is 7.53. The number of carbonyl (C=O) groups excluding carboxylic acids is 1. The third kappa shape index (κ3) is 3.45. The smallest absolute Gasteiger partial charge is 0.252 e. The fraction of sp³-hybridized carbons (Fsp3) is 0.412. The van der Waals surface area contributed by atoms with E-state index in [-0.39, 0.29) is 11.9 Å². The van der Waals surface area contributed by atoms with Gasteiger partial charge in [0.2, 0.25) is 0 Å². The van der Waals surface area contributed by atoms with Crippen LogP contribution in [0.1, 0.15) is 42.2 Å². The highest BCUT2D eigenvalue weighted by Crippen LogP contribution is 2.16. The number of rotatable bonds is 6. The third-order valence-corrected chi connectivity index (χ3v) is 3.84. The number of fused-ring (bicyclic) bond motifs is 1. The van der Waals surface area contributed by atoms with Crippen LogP contribution in [0.5, 0.6) is 0 Å². The maximum absolute atomic E-state index is 12.2. The molecule has 0 bridgehead atoms. The lowest BCUT2D eigenvalue weighted by Crippen LogP contribution is -2.25. The zero-order chi connectivity index (χ0) is 17.1. The first-order valence-electron chi connectivity index (χ1n) is 8.14. The molecule has 7 heteroatoms. The summed E-state index contributed by atoms with van der Waals surface area (Å²) in [4.78, 5) is 21.0. The highest BCUT2D eigenvalue weighted by molar-refractivity contribution is 5.96. The van der Waals surface area contributed by atoms with Crippen molar-refractivity contribution in [3.8, 4) is 0 Å². The molecule has 3 aromatic heterocycles. The van der Waals surface area contributed by atoms with Crippen LogP contribution in [0.25, 0.3) is 11.2 Å². The first-order valence-corrected chi connectivity index (χ1v) is 8.14. The molecule has 1 amide bonds. The Bertz CT molecular complexity index is 848. The van der Waals surface area contributed by atoms with Crippen LogP contribution in [0, 0.1) is 6.92 Å². The Morgan fingerprint density at radius 1 is 1.29 bits per heavy atom. The van der Waals surface area contributed by atoms with Gasteiger partial charge in [0, 0.05) is 31.5 Å². The van der Waals surface area contributed by atoms with Gasteiger partial charge in [0.25, 0.3) is 5.91 Å². The van der Waals surface area contributed by atoms with Gasteiger partial charge in [0.15, 0.2) is 5.65 Å². The zero-order valence-electron chi connectivity index (χ0n) is 14.2. The van der Waals surface area contributed by atoms with Gasteiger partial charge in [-0.05, 0) is 38.8 Å². The molecule has 0 fully saturated rings. The second-order valence-electron chi connectivity index (χ2n) is 6.20. The molecule has 0 spiro atoms. The molecule has 24 heavy (non-hydrogen) atoms. The number of hydrogen-bond acceptors (Lipinski definition) is 4. The van der Waals surface area contributed by atoms with Gasteiger partial charge >= 0.3 is 0 Å². The maximum Gasteiger partial charge on any atom is 0.252 e. The second-order valence-corrected chi connectivity index (χ2v) is 6.20. The summed E-state index contributed by atoms with van der Waals surface area (Å²) >= 11 is 0. The number of carbonyl (C=O) groups is 1. The van der Waals surface area contributed by atoms with Crippen molar-refractivity contribution in [3.63, 3.8) is 0 Å². The predicted molar refractivity (Wildman–Crippen MR) is 91.8 cm³/mol. The lowest BCUT2D eigenvalue weighted by molar-refractivity contribution is 0.0952. The molecular formula is C17H22N6O. The fourth-order valence-electron chi connectivity index (χ4n) is 2.56. The zero-order valence-corrected chi connectivity index (χ0v) is 14.2. The molecule has 7 nitrogen and oxygen atoms in total.